The Balaban J connectivity index is 1.99. The molecule has 2 rings (SSSR count). The van der Waals surface area contributed by atoms with Crippen molar-refractivity contribution in [2.75, 3.05) is 6.54 Å². The summed E-state index contributed by atoms with van der Waals surface area (Å²) >= 11 is 1.52. The van der Waals surface area contributed by atoms with Crippen LogP contribution in [0.3, 0.4) is 0 Å². The van der Waals surface area contributed by atoms with Gasteiger partial charge in [-0.1, -0.05) is 12.1 Å². The molecule has 0 fully saturated rings. The summed E-state index contributed by atoms with van der Waals surface area (Å²) in [6.45, 7) is 3.64. The second-order valence-corrected chi connectivity index (χ2v) is 7.32. The normalized spacial score (nSPS) is 11.5. The van der Waals surface area contributed by atoms with Gasteiger partial charge in [-0.2, -0.15) is 0 Å². The topological polar surface area (TPSA) is 76.1 Å². The number of carbonyl (C=O) groups is 1. The van der Waals surface area contributed by atoms with E-state index in [1.807, 2.05) is 12.3 Å². The van der Waals surface area contributed by atoms with Gasteiger partial charge in [0, 0.05) is 29.6 Å². The lowest BCUT2D eigenvalue weighted by atomic mass is 10.2. The lowest BCUT2D eigenvalue weighted by Crippen LogP contribution is -2.26. The molecule has 5 nitrogen and oxygen atoms in total. The molecule has 112 valence electrons. The number of carbonyl (C=O) groups excluding carboxylic acids is 1. The quantitative estimate of drug-likeness (QED) is 0.826. The number of nitrogens with one attached hydrogen (secondary N) is 1. The van der Waals surface area contributed by atoms with E-state index in [1.54, 1.807) is 0 Å². The van der Waals surface area contributed by atoms with Crippen LogP contribution in [0.4, 0.5) is 0 Å². The van der Waals surface area contributed by atoms with Crippen LogP contribution >= 0.6 is 11.3 Å². The van der Waals surface area contributed by atoms with Crippen LogP contribution in [0, 0.1) is 6.92 Å². The summed E-state index contributed by atoms with van der Waals surface area (Å²) in [7, 11) is -3.55. The minimum atomic E-state index is -3.55. The molecule has 0 saturated carbocycles. The Kier molecular flexibility index (Phi) is 4.87. The summed E-state index contributed by atoms with van der Waals surface area (Å²) in [5, 5.41) is 2.84. The molecular weight excluding hydrogens is 308 g/mol. The third-order valence-corrected chi connectivity index (χ3v) is 5.37. The molecule has 0 bridgehead atoms. The number of nitrogens with zero attached hydrogens (tertiary/aromatic N) is 1. The maximum absolute atomic E-state index is 12.1. The Morgan fingerprint density at radius 1 is 1.29 bits per heavy atom. The second-order valence-electron chi connectivity index (χ2n) is 4.61. The number of sulfonamides is 1. The van der Waals surface area contributed by atoms with Crippen molar-refractivity contribution in [1.29, 1.82) is 0 Å². The van der Waals surface area contributed by atoms with Crippen LogP contribution < -0.4 is 4.72 Å². The molecule has 0 aliphatic rings. The van der Waals surface area contributed by atoms with Crippen LogP contribution in [0.25, 0.3) is 0 Å². The zero-order chi connectivity index (χ0) is 15.5. The summed E-state index contributed by atoms with van der Waals surface area (Å²) in [5.74, 6) is -0.0916. The fraction of sp³-hybridized carbons (Fsp3) is 0.286. The van der Waals surface area contributed by atoms with E-state index in [-0.39, 0.29) is 10.7 Å². The lowest BCUT2D eigenvalue weighted by molar-refractivity contribution is 0.101. The second kappa shape index (κ2) is 6.46. The lowest BCUT2D eigenvalue weighted by Gasteiger charge is -2.06. The monoisotopic (exact) mass is 324 g/mol. The highest BCUT2D eigenvalue weighted by molar-refractivity contribution is 7.89. The van der Waals surface area contributed by atoms with Gasteiger partial charge < -0.3 is 0 Å². The zero-order valence-electron chi connectivity index (χ0n) is 11.8. The number of hydrogen-bond donors (Lipinski definition) is 1. The number of ketones is 1. The van der Waals surface area contributed by atoms with Crippen molar-refractivity contribution < 1.29 is 13.2 Å². The van der Waals surface area contributed by atoms with Gasteiger partial charge >= 0.3 is 0 Å². The summed E-state index contributed by atoms with van der Waals surface area (Å²) in [4.78, 5) is 15.6. The molecule has 1 aromatic heterocycles. The molecule has 2 aromatic rings. The minimum absolute atomic E-state index is 0.0916. The fourth-order valence-corrected chi connectivity index (χ4v) is 3.57. The van der Waals surface area contributed by atoms with Gasteiger partial charge in [0.15, 0.2) is 5.78 Å². The van der Waals surface area contributed by atoms with Crippen molar-refractivity contribution in [1.82, 2.24) is 9.71 Å². The first kappa shape index (κ1) is 15.8. The minimum Gasteiger partial charge on any atom is -0.295 e. The van der Waals surface area contributed by atoms with Crippen molar-refractivity contribution >= 4 is 27.1 Å². The van der Waals surface area contributed by atoms with E-state index in [0.717, 1.165) is 10.7 Å². The van der Waals surface area contributed by atoms with Gasteiger partial charge in [0.1, 0.15) is 0 Å². The number of aryl methyl sites for hydroxylation is 1. The average molecular weight is 324 g/mol. The Labute approximate surface area is 128 Å². The molecule has 7 heteroatoms. The molecule has 0 atom stereocenters. The maximum atomic E-state index is 12.1. The average Bonchev–Trinajstić information content (AvgIpc) is 2.84. The molecule has 21 heavy (non-hydrogen) atoms. The van der Waals surface area contributed by atoms with Crippen LogP contribution in [0.2, 0.25) is 0 Å². The van der Waals surface area contributed by atoms with E-state index in [1.165, 1.54) is 42.5 Å². The number of hydrogen-bond acceptors (Lipinski definition) is 5. The largest absolute Gasteiger partial charge is 0.295 e. The Morgan fingerprint density at radius 3 is 2.48 bits per heavy atom. The SMILES string of the molecule is CC(=O)c1ccc(S(=O)(=O)NCCc2nc(C)cs2)cc1. The van der Waals surface area contributed by atoms with Crippen LogP contribution in [-0.2, 0) is 16.4 Å². The number of rotatable bonds is 6. The molecule has 1 N–H and O–H groups in total. The van der Waals surface area contributed by atoms with Crippen molar-refractivity contribution in [2.45, 2.75) is 25.2 Å². The van der Waals surface area contributed by atoms with E-state index in [2.05, 4.69) is 9.71 Å². The summed E-state index contributed by atoms with van der Waals surface area (Å²) in [6, 6.07) is 5.90. The summed E-state index contributed by atoms with van der Waals surface area (Å²) < 4.78 is 26.7. The van der Waals surface area contributed by atoms with E-state index >= 15 is 0 Å². The van der Waals surface area contributed by atoms with Crippen LogP contribution in [-0.4, -0.2) is 25.7 Å². The van der Waals surface area contributed by atoms with Gasteiger partial charge in [-0.3, -0.25) is 4.79 Å². The molecule has 0 spiro atoms. The molecule has 0 amide bonds. The standard InChI is InChI=1S/C14H16N2O3S2/c1-10-9-20-14(16-10)7-8-15-21(18,19)13-5-3-12(4-6-13)11(2)17/h3-6,9,15H,7-8H2,1-2H3. The molecule has 0 aliphatic carbocycles. The van der Waals surface area contributed by atoms with Gasteiger partial charge in [0.2, 0.25) is 10.0 Å². The molecule has 1 aromatic carbocycles. The molecular formula is C14H16N2O3S2. The van der Waals surface area contributed by atoms with Gasteiger partial charge in [0.05, 0.1) is 9.90 Å². The number of benzene rings is 1. The van der Waals surface area contributed by atoms with Crippen LogP contribution in [0.15, 0.2) is 34.5 Å². The van der Waals surface area contributed by atoms with E-state index in [9.17, 15) is 13.2 Å². The number of Topliss-reactive ketones (excluding diaryl/α,β-unsaturated/α-hetero) is 1. The highest BCUT2D eigenvalue weighted by Crippen LogP contribution is 2.12. The smallest absolute Gasteiger partial charge is 0.240 e. The van der Waals surface area contributed by atoms with Crippen LogP contribution in [0.1, 0.15) is 28.0 Å². The van der Waals surface area contributed by atoms with Crippen molar-refractivity contribution in [3.63, 3.8) is 0 Å². The third kappa shape index (κ3) is 4.20. The zero-order valence-corrected chi connectivity index (χ0v) is 13.4. The van der Waals surface area contributed by atoms with Crippen LogP contribution in [0.5, 0.6) is 0 Å². The molecule has 0 aliphatic heterocycles. The van der Waals surface area contributed by atoms with Gasteiger partial charge in [0.25, 0.3) is 0 Å². The molecule has 1 heterocycles. The van der Waals surface area contributed by atoms with Crippen molar-refractivity contribution in [2.24, 2.45) is 0 Å². The first-order chi connectivity index (χ1) is 9.88. The van der Waals surface area contributed by atoms with Gasteiger partial charge in [-0.25, -0.2) is 18.1 Å². The van der Waals surface area contributed by atoms with Gasteiger partial charge in [-0.05, 0) is 26.0 Å². The van der Waals surface area contributed by atoms with Crippen molar-refractivity contribution in [3.05, 3.63) is 45.9 Å². The first-order valence-electron chi connectivity index (χ1n) is 6.40. The molecule has 0 radical (unpaired) electrons. The van der Waals surface area contributed by atoms with E-state index in [0.29, 0.717) is 18.5 Å². The third-order valence-electron chi connectivity index (χ3n) is 2.87. The highest BCUT2D eigenvalue weighted by Gasteiger charge is 2.14. The first-order valence-corrected chi connectivity index (χ1v) is 8.76. The van der Waals surface area contributed by atoms with E-state index < -0.39 is 10.0 Å². The molecule has 0 saturated heterocycles. The maximum Gasteiger partial charge on any atom is 0.240 e. The van der Waals surface area contributed by atoms with E-state index in [4.69, 9.17) is 0 Å². The predicted octanol–water partition coefficient (Wildman–Crippen LogP) is 2.18. The summed E-state index contributed by atoms with van der Waals surface area (Å²) in [6.07, 6.45) is 0.559. The Morgan fingerprint density at radius 2 is 1.95 bits per heavy atom. The number of aromatic nitrogens is 1. The van der Waals surface area contributed by atoms with Crippen molar-refractivity contribution in [3.8, 4) is 0 Å². The Hall–Kier alpha value is -1.57. The highest BCUT2D eigenvalue weighted by atomic mass is 32.2. The fourth-order valence-electron chi connectivity index (χ4n) is 1.76. The number of thiazole rings is 1. The van der Waals surface area contributed by atoms with Gasteiger partial charge in [-0.15, -0.1) is 11.3 Å². The Bertz CT molecular complexity index is 734. The molecule has 0 unspecified atom stereocenters. The predicted molar refractivity (Wildman–Crippen MR) is 82.2 cm³/mol. The summed E-state index contributed by atoms with van der Waals surface area (Å²) in [5.41, 5.74) is 1.44.